The first kappa shape index (κ1) is 17.6. The van der Waals surface area contributed by atoms with Crippen LogP contribution in [0.15, 0.2) is 41.3 Å². The Morgan fingerprint density at radius 1 is 1.22 bits per heavy atom. The number of benzene rings is 2. The van der Waals surface area contributed by atoms with Gasteiger partial charge in [-0.1, -0.05) is 11.6 Å². The number of amides is 1. The fourth-order valence-electron chi connectivity index (χ4n) is 1.82. The van der Waals surface area contributed by atoms with Crippen LogP contribution in [0.2, 0.25) is 5.02 Å². The van der Waals surface area contributed by atoms with Gasteiger partial charge in [-0.25, -0.2) is 8.78 Å². The van der Waals surface area contributed by atoms with Crippen molar-refractivity contribution in [3.63, 3.8) is 0 Å². The molecule has 3 nitrogen and oxygen atoms in total. The molecule has 0 aromatic heterocycles. The molecular formula is C16H14ClF2NO2S. The number of carbonyl (C=O) groups excluding carboxylic acids is 1. The Kier molecular flexibility index (Phi) is 5.85. The average molecular weight is 358 g/mol. The van der Waals surface area contributed by atoms with Gasteiger partial charge in [-0.05, 0) is 43.3 Å². The standard InChI is InChI=1S/C16H14ClF2NO2S/c1-9(23-11-4-5-12(18)13(19)8-11)16(21)20-14-7-10(17)3-6-15(14)22-2/h3-9H,1-2H3,(H,20,21)/t9-/m1/s1. The lowest BCUT2D eigenvalue weighted by atomic mass is 10.3. The largest absolute Gasteiger partial charge is 0.495 e. The monoisotopic (exact) mass is 357 g/mol. The summed E-state index contributed by atoms with van der Waals surface area (Å²) in [6.45, 7) is 1.66. The van der Waals surface area contributed by atoms with Crippen LogP contribution in [-0.4, -0.2) is 18.3 Å². The van der Waals surface area contributed by atoms with Crippen LogP contribution in [0.3, 0.4) is 0 Å². The molecule has 1 N–H and O–H groups in total. The van der Waals surface area contributed by atoms with Crippen LogP contribution < -0.4 is 10.1 Å². The van der Waals surface area contributed by atoms with Crippen LogP contribution in [0.5, 0.6) is 5.75 Å². The van der Waals surface area contributed by atoms with E-state index in [2.05, 4.69) is 5.32 Å². The summed E-state index contributed by atoms with van der Waals surface area (Å²) < 4.78 is 31.3. The maximum absolute atomic E-state index is 13.2. The van der Waals surface area contributed by atoms with Crippen molar-refractivity contribution < 1.29 is 18.3 Å². The molecule has 122 valence electrons. The van der Waals surface area contributed by atoms with Gasteiger partial charge in [0, 0.05) is 9.92 Å². The molecule has 7 heteroatoms. The molecule has 2 rings (SSSR count). The van der Waals surface area contributed by atoms with Gasteiger partial charge in [-0.15, -0.1) is 11.8 Å². The second kappa shape index (κ2) is 7.66. The molecule has 0 aliphatic heterocycles. The van der Waals surface area contributed by atoms with Crippen LogP contribution in [0.25, 0.3) is 0 Å². The molecule has 0 aliphatic carbocycles. The fraction of sp³-hybridized carbons (Fsp3) is 0.188. The smallest absolute Gasteiger partial charge is 0.237 e. The first-order valence-electron chi connectivity index (χ1n) is 6.67. The Bertz CT molecular complexity index is 727. The van der Waals surface area contributed by atoms with Gasteiger partial charge in [0.1, 0.15) is 5.75 Å². The third kappa shape index (κ3) is 4.59. The molecule has 2 aromatic carbocycles. The molecule has 0 fully saturated rings. The molecular weight excluding hydrogens is 344 g/mol. The van der Waals surface area contributed by atoms with Crippen LogP contribution >= 0.6 is 23.4 Å². The van der Waals surface area contributed by atoms with E-state index in [4.69, 9.17) is 16.3 Å². The van der Waals surface area contributed by atoms with E-state index in [1.807, 2.05) is 0 Å². The first-order valence-corrected chi connectivity index (χ1v) is 7.92. The number of nitrogens with one attached hydrogen (secondary N) is 1. The van der Waals surface area contributed by atoms with E-state index in [0.29, 0.717) is 21.4 Å². The highest BCUT2D eigenvalue weighted by Gasteiger charge is 2.17. The number of anilines is 1. The van der Waals surface area contributed by atoms with Crippen molar-refractivity contribution in [3.8, 4) is 5.75 Å². The Balaban J connectivity index is 2.08. The molecule has 0 saturated heterocycles. The number of halogens is 3. The predicted molar refractivity (Wildman–Crippen MR) is 88.3 cm³/mol. The van der Waals surface area contributed by atoms with Gasteiger partial charge in [0.2, 0.25) is 5.91 Å². The average Bonchev–Trinajstić information content (AvgIpc) is 2.51. The third-order valence-corrected chi connectivity index (χ3v) is 4.32. The summed E-state index contributed by atoms with van der Waals surface area (Å²) in [5.74, 6) is -1.69. The number of methoxy groups -OCH3 is 1. The molecule has 0 radical (unpaired) electrons. The molecule has 0 aliphatic rings. The molecule has 1 atom stereocenters. The summed E-state index contributed by atoms with van der Waals surface area (Å²) >= 11 is 7.03. The van der Waals surface area contributed by atoms with Crippen molar-refractivity contribution in [3.05, 3.63) is 53.1 Å². The lowest BCUT2D eigenvalue weighted by molar-refractivity contribution is -0.115. The molecule has 0 saturated carbocycles. The number of hydrogen-bond acceptors (Lipinski definition) is 3. The zero-order valence-electron chi connectivity index (χ0n) is 12.4. The molecule has 0 bridgehead atoms. The van der Waals surface area contributed by atoms with Gasteiger partial charge in [0.05, 0.1) is 18.0 Å². The molecule has 1 amide bonds. The molecule has 0 unspecified atom stereocenters. The normalized spacial score (nSPS) is 11.9. The van der Waals surface area contributed by atoms with Crippen LogP contribution in [0, 0.1) is 11.6 Å². The Labute approximate surface area is 142 Å². The lowest BCUT2D eigenvalue weighted by Gasteiger charge is -2.14. The van der Waals surface area contributed by atoms with E-state index in [-0.39, 0.29) is 5.91 Å². The summed E-state index contributed by atoms with van der Waals surface area (Å²) in [5, 5.41) is 2.65. The summed E-state index contributed by atoms with van der Waals surface area (Å²) in [4.78, 5) is 12.7. The quantitative estimate of drug-likeness (QED) is 0.785. The van der Waals surface area contributed by atoms with E-state index in [0.717, 1.165) is 23.9 Å². The fourth-order valence-corrected chi connectivity index (χ4v) is 2.88. The molecule has 23 heavy (non-hydrogen) atoms. The van der Waals surface area contributed by atoms with Crippen LogP contribution in [0.4, 0.5) is 14.5 Å². The summed E-state index contributed by atoms with van der Waals surface area (Å²) in [6, 6.07) is 8.38. The number of hydrogen-bond donors (Lipinski definition) is 1. The Hall–Kier alpha value is -1.79. The highest BCUT2D eigenvalue weighted by Crippen LogP contribution is 2.30. The first-order chi connectivity index (χ1) is 10.9. The molecule has 0 heterocycles. The number of rotatable bonds is 5. The number of carbonyl (C=O) groups is 1. The van der Waals surface area contributed by atoms with Gasteiger partial charge in [0.15, 0.2) is 11.6 Å². The Morgan fingerprint density at radius 3 is 2.61 bits per heavy atom. The van der Waals surface area contributed by atoms with Crippen molar-refractivity contribution in [2.24, 2.45) is 0 Å². The number of ether oxygens (including phenoxy) is 1. The highest BCUT2D eigenvalue weighted by molar-refractivity contribution is 8.00. The van der Waals surface area contributed by atoms with Crippen LogP contribution in [-0.2, 0) is 4.79 Å². The van der Waals surface area contributed by atoms with Gasteiger partial charge < -0.3 is 10.1 Å². The minimum Gasteiger partial charge on any atom is -0.495 e. The van der Waals surface area contributed by atoms with E-state index >= 15 is 0 Å². The summed E-state index contributed by atoms with van der Waals surface area (Å²) in [6.07, 6.45) is 0. The van der Waals surface area contributed by atoms with Gasteiger partial charge in [0.25, 0.3) is 0 Å². The molecule has 2 aromatic rings. The zero-order valence-corrected chi connectivity index (χ0v) is 14.0. The highest BCUT2D eigenvalue weighted by atomic mass is 35.5. The maximum Gasteiger partial charge on any atom is 0.237 e. The number of thioether (sulfide) groups is 1. The second-order valence-electron chi connectivity index (χ2n) is 4.67. The minimum atomic E-state index is -0.945. The maximum atomic E-state index is 13.2. The van der Waals surface area contributed by atoms with Crippen molar-refractivity contribution in [2.45, 2.75) is 17.1 Å². The van der Waals surface area contributed by atoms with Crippen molar-refractivity contribution in [2.75, 3.05) is 12.4 Å². The molecule has 0 spiro atoms. The van der Waals surface area contributed by atoms with Gasteiger partial charge >= 0.3 is 0 Å². The van der Waals surface area contributed by atoms with E-state index in [1.54, 1.807) is 25.1 Å². The van der Waals surface area contributed by atoms with Crippen LogP contribution in [0.1, 0.15) is 6.92 Å². The van der Waals surface area contributed by atoms with E-state index in [1.165, 1.54) is 13.2 Å². The summed E-state index contributed by atoms with van der Waals surface area (Å²) in [7, 11) is 1.48. The Morgan fingerprint density at radius 2 is 1.96 bits per heavy atom. The van der Waals surface area contributed by atoms with Crippen molar-refractivity contribution in [1.29, 1.82) is 0 Å². The summed E-state index contributed by atoms with van der Waals surface area (Å²) in [5.41, 5.74) is 0.447. The van der Waals surface area contributed by atoms with E-state index < -0.39 is 16.9 Å². The lowest BCUT2D eigenvalue weighted by Crippen LogP contribution is -2.22. The van der Waals surface area contributed by atoms with Crippen molar-refractivity contribution >= 4 is 35.0 Å². The topological polar surface area (TPSA) is 38.3 Å². The second-order valence-corrected chi connectivity index (χ2v) is 6.52. The zero-order chi connectivity index (χ0) is 17.0. The van der Waals surface area contributed by atoms with E-state index in [9.17, 15) is 13.6 Å². The van der Waals surface area contributed by atoms with Gasteiger partial charge in [-0.2, -0.15) is 0 Å². The minimum absolute atomic E-state index is 0.305. The van der Waals surface area contributed by atoms with Gasteiger partial charge in [-0.3, -0.25) is 4.79 Å². The predicted octanol–water partition coefficient (Wildman–Crippen LogP) is 4.75. The van der Waals surface area contributed by atoms with Crippen molar-refractivity contribution in [1.82, 2.24) is 0 Å². The third-order valence-electron chi connectivity index (χ3n) is 2.99. The SMILES string of the molecule is COc1ccc(Cl)cc1NC(=O)[C@@H](C)Sc1ccc(F)c(F)c1.